The van der Waals surface area contributed by atoms with E-state index in [4.69, 9.17) is 0 Å². The number of carbonyl (C=O) groups excluding carboxylic acids is 2. The molecule has 2 aromatic carbocycles. The van der Waals surface area contributed by atoms with Gasteiger partial charge in [-0.2, -0.15) is 0 Å². The van der Waals surface area contributed by atoms with Crippen LogP contribution in [0.4, 0.5) is 10.8 Å². The van der Waals surface area contributed by atoms with E-state index >= 15 is 0 Å². The van der Waals surface area contributed by atoms with Crippen molar-refractivity contribution in [2.24, 2.45) is 0 Å². The van der Waals surface area contributed by atoms with Gasteiger partial charge in [0.1, 0.15) is 0 Å². The maximum absolute atomic E-state index is 12.4. The Balaban J connectivity index is 1.54. The summed E-state index contributed by atoms with van der Waals surface area (Å²) in [7, 11) is 0. The molecule has 3 aromatic rings. The first-order valence-electron chi connectivity index (χ1n) is 8.36. The average molecular weight is 363 g/mol. The Bertz CT molecular complexity index is 1010. The van der Waals surface area contributed by atoms with Crippen LogP contribution in [0.25, 0.3) is 11.3 Å². The van der Waals surface area contributed by atoms with Gasteiger partial charge in [0.15, 0.2) is 5.13 Å². The summed E-state index contributed by atoms with van der Waals surface area (Å²) in [6, 6.07) is 13.4. The average Bonchev–Trinajstić information content (AvgIpc) is 3.10. The van der Waals surface area contributed by atoms with Gasteiger partial charge in [-0.25, -0.2) is 4.98 Å². The fourth-order valence-corrected chi connectivity index (χ4v) is 3.71. The lowest BCUT2D eigenvalue weighted by atomic mass is 9.99. The summed E-state index contributed by atoms with van der Waals surface area (Å²) in [6.45, 7) is 1.91. The topological polar surface area (TPSA) is 71.1 Å². The number of rotatable bonds is 3. The molecular formula is C20H17N3O2S. The maximum Gasteiger partial charge on any atom is 0.257 e. The van der Waals surface area contributed by atoms with Gasteiger partial charge in [0.05, 0.1) is 5.69 Å². The summed E-state index contributed by atoms with van der Waals surface area (Å²) in [5.41, 5.74) is 5.35. The van der Waals surface area contributed by atoms with Crippen LogP contribution in [0.3, 0.4) is 0 Å². The zero-order chi connectivity index (χ0) is 18.1. The molecule has 0 saturated heterocycles. The first-order chi connectivity index (χ1) is 12.6. The molecule has 0 radical (unpaired) electrons. The SMILES string of the molecule is Cc1ccccc1C(=O)Nc1nc(-c2ccc3c(c2)CCC(=O)N3)cs1. The summed E-state index contributed by atoms with van der Waals surface area (Å²) in [4.78, 5) is 28.4. The summed E-state index contributed by atoms with van der Waals surface area (Å²) < 4.78 is 0. The minimum Gasteiger partial charge on any atom is -0.326 e. The van der Waals surface area contributed by atoms with E-state index in [0.29, 0.717) is 17.1 Å². The zero-order valence-electron chi connectivity index (χ0n) is 14.2. The molecule has 2 heterocycles. The van der Waals surface area contributed by atoms with Gasteiger partial charge in [-0.1, -0.05) is 24.3 Å². The number of aryl methyl sites for hydroxylation is 2. The Labute approximate surface area is 155 Å². The van der Waals surface area contributed by atoms with Crippen LogP contribution in [0.2, 0.25) is 0 Å². The second kappa shape index (κ2) is 6.72. The lowest BCUT2D eigenvalue weighted by Crippen LogP contribution is -2.18. The highest BCUT2D eigenvalue weighted by molar-refractivity contribution is 7.14. The number of aromatic nitrogens is 1. The Morgan fingerprint density at radius 3 is 2.88 bits per heavy atom. The van der Waals surface area contributed by atoms with Gasteiger partial charge in [-0.3, -0.25) is 14.9 Å². The van der Waals surface area contributed by atoms with Crippen molar-refractivity contribution in [2.75, 3.05) is 10.6 Å². The van der Waals surface area contributed by atoms with Crippen molar-refractivity contribution in [3.05, 3.63) is 64.5 Å². The fraction of sp³-hybridized carbons (Fsp3) is 0.150. The third-order valence-corrected chi connectivity index (χ3v) is 5.17. The molecule has 4 rings (SSSR count). The van der Waals surface area contributed by atoms with E-state index in [2.05, 4.69) is 21.7 Å². The smallest absolute Gasteiger partial charge is 0.257 e. The van der Waals surface area contributed by atoms with E-state index in [1.165, 1.54) is 11.3 Å². The molecule has 0 fully saturated rings. The predicted molar refractivity (Wildman–Crippen MR) is 104 cm³/mol. The van der Waals surface area contributed by atoms with Crippen LogP contribution < -0.4 is 10.6 Å². The second-order valence-corrected chi connectivity index (χ2v) is 7.09. The number of nitrogens with zero attached hydrogens (tertiary/aromatic N) is 1. The van der Waals surface area contributed by atoms with Crippen LogP contribution >= 0.6 is 11.3 Å². The zero-order valence-corrected chi connectivity index (χ0v) is 15.0. The molecule has 0 atom stereocenters. The summed E-state index contributed by atoms with van der Waals surface area (Å²) in [5.74, 6) is -0.0998. The minimum atomic E-state index is -0.155. The molecule has 6 heteroatoms. The van der Waals surface area contributed by atoms with Crippen LogP contribution in [0, 0.1) is 6.92 Å². The molecule has 2 amide bonds. The van der Waals surface area contributed by atoms with Gasteiger partial charge in [0.25, 0.3) is 5.91 Å². The summed E-state index contributed by atoms with van der Waals surface area (Å²) >= 11 is 1.40. The number of thiazole rings is 1. The van der Waals surface area contributed by atoms with Crippen molar-refractivity contribution >= 4 is 34.0 Å². The minimum absolute atomic E-state index is 0.0557. The van der Waals surface area contributed by atoms with Crippen molar-refractivity contribution in [3.63, 3.8) is 0 Å². The molecule has 1 aliphatic heterocycles. The molecule has 26 heavy (non-hydrogen) atoms. The molecule has 0 bridgehead atoms. The number of amides is 2. The quantitative estimate of drug-likeness (QED) is 0.730. The Hall–Kier alpha value is -2.99. The maximum atomic E-state index is 12.4. The van der Waals surface area contributed by atoms with Crippen LogP contribution in [0.15, 0.2) is 47.8 Å². The van der Waals surface area contributed by atoms with Crippen molar-refractivity contribution in [3.8, 4) is 11.3 Å². The summed E-state index contributed by atoms with van der Waals surface area (Å²) in [6.07, 6.45) is 1.24. The van der Waals surface area contributed by atoms with E-state index in [1.807, 2.05) is 42.6 Å². The lowest BCUT2D eigenvalue weighted by molar-refractivity contribution is -0.116. The van der Waals surface area contributed by atoms with Gasteiger partial charge in [-0.15, -0.1) is 11.3 Å². The first-order valence-corrected chi connectivity index (χ1v) is 9.24. The molecule has 0 saturated carbocycles. The number of carbonyl (C=O) groups is 2. The Kier molecular flexibility index (Phi) is 4.26. The predicted octanol–water partition coefficient (Wildman–Crippen LogP) is 4.26. The Morgan fingerprint density at radius 2 is 2.04 bits per heavy atom. The van der Waals surface area contributed by atoms with Crippen LogP contribution in [0.1, 0.15) is 27.9 Å². The standard InChI is InChI=1S/C20H17N3O2S/c1-12-4-2-3-5-15(12)19(25)23-20-22-17(11-26-20)14-6-8-16-13(10-14)7-9-18(24)21-16/h2-6,8,10-11H,7,9H2,1H3,(H,21,24)(H,22,23,25). The lowest BCUT2D eigenvalue weighted by Gasteiger charge is -2.17. The highest BCUT2D eigenvalue weighted by Gasteiger charge is 2.16. The van der Waals surface area contributed by atoms with Crippen molar-refractivity contribution < 1.29 is 9.59 Å². The largest absolute Gasteiger partial charge is 0.326 e. The molecule has 1 aromatic heterocycles. The van der Waals surface area contributed by atoms with Crippen LogP contribution in [-0.2, 0) is 11.2 Å². The Morgan fingerprint density at radius 1 is 1.19 bits per heavy atom. The van der Waals surface area contributed by atoms with Gasteiger partial charge < -0.3 is 5.32 Å². The fourth-order valence-electron chi connectivity index (χ4n) is 3.00. The van der Waals surface area contributed by atoms with E-state index in [1.54, 1.807) is 6.07 Å². The van der Waals surface area contributed by atoms with Gasteiger partial charge in [0.2, 0.25) is 5.91 Å². The molecule has 130 valence electrons. The number of benzene rings is 2. The number of hydrogen-bond acceptors (Lipinski definition) is 4. The van der Waals surface area contributed by atoms with Gasteiger partial charge in [0, 0.05) is 28.6 Å². The molecule has 0 spiro atoms. The first kappa shape index (κ1) is 16.5. The molecule has 0 aliphatic carbocycles. The van der Waals surface area contributed by atoms with Gasteiger partial charge in [-0.05, 0) is 42.7 Å². The number of anilines is 2. The van der Waals surface area contributed by atoms with Crippen LogP contribution in [-0.4, -0.2) is 16.8 Å². The van der Waals surface area contributed by atoms with E-state index in [9.17, 15) is 9.59 Å². The second-order valence-electron chi connectivity index (χ2n) is 6.23. The van der Waals surface area contributed by atoms with Gasteiger partial charge >= 0.3 is 0 Å². The number of fused-ring (bicyclic) bond motifs is 1. The normalized spacial score (nSPS) is 13.0. The highest BCUT2D eigenvalue weighted by Crippen LogP contribution is 2.30. The van der Waals surface area contributed by atoms with Crippen molar-refractivity contribution in [1.82, 2.24) is 4.98 Å². The third-order valence-electron chi connectivity index (χ3n) is 4.41. The summed E-state index contributed by atoms with van der Waals surface area (Å²) in [5, 5.41) is 8.24. The monoisotopic (exact) mass is 363 g/mol. The highest BCUT2D eigenvalue weighted by atomic mass is 32.1. The van der Waals surface area contributed by atoms with E-state index in [0.717, 1.165) is 34.5 Å². The van der Waals surface area contributed by atoms with E-state index < -0.39 is 0 Å². The third kappa shape index (κ3) is 3.23. The molecular weight excluding hydrogens is 346 g/mol. The molecule has 2 N–H and O–H groups in total. The van der Waals surface area contributed by atoms with Crippen molar-refractivity contribution in [2.45, 2.75) is 19.8 Å². The molecule has 5 nitrogen and oxygen atoms in total. The van der Waals surface area contributed by atoms with E-state index in [-0.39, 0.29) is 11.8 Å². The number of hydrogen-bond donors (Lipinski definition) is 2. The number of nitrogens with one attached hydrogen (secondary N) is 2. The molecule has 0 unspecified atom stereocenters. The van der Waals surface area contributed by atoms with Crippen molar-refractivity contribution in [1.29, 1.82) is 0 Å². The molecule has 1 aliphatic rings. The van der Waals surface area contributed by atoms with Crippen LogP contribution in [0.5, 0.6) is 0 Å².